The van der Waals surface area contributed by atoms with E-state index < -0.39 is 5.60 Å². The van der Waals surface area contributed by atoms with E-state index in [0.29, 0.717) is 25.9 Å². The Morgan fingerprint density at radius 3 is 2.54 bits per heavy atom. The topological polar surface area (TPSA) is 127 Å². The van der Waals surface area contributed by atoms with Gasteiger partial charge in [0.15, 0.2) is 11.6 Å². The molecule has 24 heavy (non-hydrogen) atoms. The number of hydrogen-bond acceptors (Lipinski definition) is 7. The Labute approximate surface area is 141 Å². The molecule has 8 heteroatoms. The molecule has 1 aromatic rings. The highest BCUT2D eigenvalue weighted by Gasteiger charge is 2.28. The van der Waals surface area contributed by atoms with Gasteiger partial charge in [0.25, 0.3) is 0 Å². The summed E-state index contributed by atoms with van der Waals surface area (Å²) in [5.41, 5.74) is 11.4. The first-order valence-corrected chi connectivity index (χ1v) is 7.80. The van der Waals surface area contributed by atoms with Crippen LogP contribution in [0.2, 0.25) is 0 Å². The Morgan fingerprint density at radius 2 is 2.00 bits per heavy atom. The van der Waals surface area contributed by atoms with Gasteiger partial charge in [0, 0.05) is 25.9 Å². The fourth-order valence-corrected chi connectivity index (χ4v) is 2.41. The summed E-state index contributed by atoms with van der Waals surface area (Å²) in [6, 6.07) is 1.99. The fourth-order valence-electron chi connectivity index (χ4n) is 2.41. The van der Waals surface area contributed by atoms with E-state index in [0.717, 1.165) is 0 Å². The maximum absolute atomic E-state index is 12.1. The zero-order valence-electron chi connectivity index (χ0n) is 14.2. The van der Waals surface area contributed by atoms with Gasteiger partial charge in [0.05, 0.1) is 11.9 Å². The number of nitriles is 1. The van der Waals surface area contributed by atoms with E-state index in [2.05, 4.69) is 4.98 Å². The van der Waals surface area contributed by atoms with Crippen molar-refractivity contribution in [2.24, 2.45) is 0 Å². The van der Waals surface area contributed by atoms with Crippen LogP contribution in [0.5, 0.6) is 5.75 Å². The van der Waals surface area contributed by atoms with Gasteiger partial charge in [-0.3, -0.25) is 0 Å². The number of aromatic nitrogens is 1. The fraction of sp³-hybridized carbons (Fsp3) is 0.562. The molecule has 0 atom stereocenters. The molecular weight excluding hydrogens is 310 g/mol. The van der Waals surface area contributed by atoms with Crippen LogP contribution >= 0.6 is 0 Å². The molecule has 0 aromatic carbocycles. The van der Waals surface area contributed by atoms with Gasteiger partial charge in [-0.1, -0.05) is 0 Å². The van der Waals surface area contributed by atoms with Crippen LogP contribution in [-0.4, -0.2) is 40.8 Å². The molecule has 0 spiro atoms. The first kappa shape index (κ1) is 17.7. The Kier molecular flexibility index (Phi) is 5.02. The monoisotopic (exact) mass is 333 g/mol. The van der Waals surface area contributed by atoms with Gasteiger partial charge in [-0.15, -0.1) is 0 Å². The lowest BCUT2D eigenvalue weighted by Crippen LogP contribution is -2.44. The van der Waals surface area contributed by atoms with Gasteiger partial charge in [0.2, 0.25) is 0 Å². The summed E-state index contributed by atoms with van der Waals surface area (Å²) < 4.78 is 11.2. The van der Waals surface area contributed by atoms with Crippen molar-refractivity contribution in [2.75, 3.05) is 24.6 Å². The maximum Gasteiger partial charge on any atom is 0.410 e. The number of anilines is 2. The molecule has 1 aliphatic rings. The van der Waals surface area contributed by atoms with Gasteiger partial charge in [-0.05, 0) is 20.8 Å². The number of rotatable bonds is 2. The summed E-state index contributed by atoms with van der Waals surface area (Å²) in [5, 5.41) is 9.21. The summed E-state index contributed by atoms with van der Waals surface area (Å²) >= 11 is 0. The highest BCUT2D eigenvalue weighted by molar-refractivity contribution is 5.68. The Hall–Kier alpha value is -2.69. The number of carbonyl (C=O) groups is 1. The van der Waals surface area contributed by atoms with E-state index >= 15 is 0 Å². The molecule has 4 N–H and O–H groups in total. The molecular formula is C16H23N5O3. The number of amides is 1. The van der Waals surface area contributed by atoms with Gasteiger partial charge in [-0.25, -0.2) is 9.78 Å². The quantitative estimate of drug-likeness (QED) is 0.845. The number of pyridine rings is 1. The lowest BCUT2D eigenvalue weighted by atomic mass is 10.1. The van der Waals surface area contributed by atoms with Crippen LogP contribution in [0.25, 0.3) is 0 Å². The van der Waals surface area contributed by atoms with Crippen molar-refractivity contribution in [3.8, 4) is 11.8 Å². The zero-order chi connectivity index (χ0) is 17.9. The number of likely N-dealkylation sites (tertiary alicyclic amines) is 1. The van der Waals surface area contributed by atoms with E-state index in [4.69, 9.17) is 20.9 Å². The molecule has 0 unspecified atom stereocenters. The summed E-state index contributed by atoms with van der Waals surface area (Å²) in [7, 11) is 0. The van der Waals surface area contributed by atoms with E-state index in [9.17, 15) is 10.1 Å². The van der Waals surface area contributed by atoms with Crippen molar-refractivity contribution in [2.45, 2.75) is 45.3 Å². The second kappa shape index (κ2) is 6.83. The van der Waals surface area contributed by atoms with Gasteiger partial charge in [0.1, 0.15) is 23.3 Å². The zero-order valence-corrected chi connectivity index (χ0v) is 14.2. The van der Waals surface area contributed by atoms with E-state index in [1.54, 1.807) is 4.90 Å². The number of piperidine rings is 1. The highest BCUT2D eigenvalue weighted by Crippen LogP contribution is 2.31. The summed E-state index contributed by atoms with van der Waals surface area (Å²) in [6.07, 6.45) is 2.06. The third-order valence-electron chi connectivity index (χ3n) is 3.58. The van der Waals surface area contributed by atoms with Crippen LogP contribution < -0.4 is 16.2 Å². The van der Waals surface area contributed by atoms with Crippen molar-refractivity contribution in [3.05, 3.63) is 11.8 Å². The van der Waals surface area contributed by atoms with Gasteiger partial charge < -0.3 is 25.8 Å². The molecule has 1 aromatic heterocycles. The van der Waals surface area contributed by atoms with E-state index in [-0.39, 0.29) is 35.0 Å². The molecule has 8 nitrogen and oxygen atoms in total. The number of nitrogens with zero attached hydrogens (tertiary/aromatic N) is 3. The SMILES string of the molecule is CC(C)(C)OC(=O)N1CCC(Oc2c(N)ncc(N)c2C#N)CC1. The van der Waals surface area contributed by atoms with Crippen molar-refractivity contribution >= 4 is 17.6 Å². The molecule has 2 rings (SSSR count). The predicted molar refractivity (Wildman–Crippen MR) is 89.2 cm³/mol. The van der Waals surface area contributed by atoms with Gasteiger partial charge in [-0.2, -0.15) is 5.26 Å². The molecule has 0 aliphatic carbocycles. The lowest BCUT2D eigenvalue weighted by molar-refractivity contribution is 0.0127. The maximum atomic E-state index is 12.1. The van der Waals surface area contributed by atoms with Crippen LogP contribution in [0.15, 0.2) is 6.20 Å². The van der Waals surface area contributed by atoms with Crippen LogP contribution in [-0.2, 0) is 4.74 Å². The van der Waals surface area contributed by atoms with Crippen LogP contribution in [0.1, 0.15) is 39.2 Å². The molecule has 130 valence electrons. The van der Waals surface area contributed by atoms with E-state index in [1.807, 2.05) is 26.8 Å². The first-order valence-electron chi connectivity index (χ1n) is 7.80. The third kappa shape index (κ3) is 4.19. The van der Waals surface area contributed by atoms with Crippen molar-refractivity contribution in [1.29, 1.82) is 5.26 Å². The highest BCUT2D eigenvalue weighted by atomic mass is 16.6. The number of nitrogens with two attached hydrogens (primary N) is 2. The van der Waals surface area contributed by atoms with Crippen LogP contribution in [0, 0.1) is 11.3 Å². The number of hydrogen-bond donors (Lipinski definition) is 2. The van der Waals surface area contributed by atoms with Crippen molar-refractivity contribution in [3.63, 3.8) is 0 Å². The Bertz CT molecular complexity index is 655. The second-order valence-electron chi connectivity index (χ2n) is 6.70. The van der Waals surface area contributed by atoms with Crippen molar-refractivity contribution in [1.82, 2.24) is 9.88 Å². The molecule has 1 aliphatic heterocycles. The summed E-state index contributed by atoms with van der Waals surface area (Å²) in [5.74, 6) is 0.350. The minimum absolute atomic E-state index is 0.135. The largest absolute Gasteiger partial charge is 0.485 e. The third-order valence-corrected chi connectivity index (χ3v) is 3.58. The standard InChI is InChI=1S/C16H23N5O3/c1-16(2,3)24-15(22)21-6-4-10(5-7-21)23-13-11(8-17)12(18)9-20-14(13)19/h9-10H,4-7,18H2,1-3H3,(H2,19,20). The Morgan fingerprint density at radius 1 is 1.38 bits per heavy atom. The Balaban J connectivity index is 1.99. The second-order valence-corrected chi connectivity index (χ2v) is 6.70. The van der Waals surface area contributed by atoms with Crippen molar-refractivity contribution < 1.29 is 14.3 Å². The molecule has 1 saturated heterocycles. The molecule has 2 heterocycles. The minimum atomic E-state index is -0.520. The lowest BCUT2D eigenvalue weighted by Gasteiger charge is -2.33. The molecule has 1 amide bonds. The smallest absolute Gasteiger partial charge is 0.410 e. The molecule has 0 bridgehead atoms. The number of nitrogen functional groups attached to an aromatic ring is 2. The number of ether oxygens (including phenoxy) is 2. The molecule has 1 fully saturated rings. The van der Waals surface area contributed by atoms with E-state index in [1.165, 1.54) is 6.20 Å². The first-order chi connectivity index (χ1) is 11.2. The molecule has 0 radical (unpaired) electrons. The molecule has 0 saturated carbocycles. The van der Waals surface area contributed by atoms with Gasteiger partial charge >= 0.3 is 6.09 Å². The predicted octanol–water partition coefficient (Wildman–Crippen LogP) is 1.90. The van der Waals surface area contributed by atoms with Crippen LogP contribution in [0.3, 0.4) is 0 Å². The normalized spacial score (nSPS) is 15.7. The minimum Gasteiger partial charge on any atom is -0.485 e. The summed E-state index contributed by atoms with van der Waals surface area (Å²) in [6.45, 7) is 6.52. The summed E-state index contributed by atoms with van der Waals surface area (Å²) in [4.78, 5) is 17.6. The average molecular weight is 333 g/mol. The van der Waals surface area contributed by atoms with Crippen LogP contribution in [0.4, 0.5) is 16.3 Å². The average Bonchev–Trinajstić information content (AvgIpc) is 2.50. The number of carbonyl (C=O) groups excluding carboxylic acids is 1.